The summed E-state index contributed by atoms with van der Waals surface area (Å²) in [5.41, 5.74) is 8.99. The lowest BCUT2D eigenvalue weighted by Gasteiger charge is -2.37. The molecule has 3 rings (SSSR count). The highest BCUT2D eigenvalue weighted by Gasteiger charge is 2.20. The maximum atomic E-state index is 11.0. The Morgan fingerprint density at radius 2 is 1.76 bits per heavy atom. The Kier molecular flexibility index (Phi) is 7.12. The van der Waals surface area contributed by atoms with Crippen molar-refractivity contribution in [3.63, 3.8) is 0 Å². The van der Waals surface area contributed by atoms with Crippen molar-refractivity contribution in [2.75, 3.05) is 31.1 Å². The zero-order valence-electron chi connectivity index (χ0n) is 17.3. The number of carbonyl (C=O) groups is 1. The van der Waals surface area contributed by atoms with Crippen molar-refractivity contribution in [3.8, 4) is 5.75 Å². The molecule has 0 spiro atoms. The number of carboxylic acids is 1. The zero-order chi connectivity index (χ0) is 20.8. The molecule has 1 heterocycles. The molecule has 0 amide bonds. The quantitative estimate of drug-likeness (QED) is 0.713. The Hall–Kier alpha value is -2.57. The Morgan fingerprint density at radius 1 is 1.07 bits per heavy atom. The summed E-state index contributed by atoms with van der Waals surface area (Å²) in [5.74, 6) is -0.0216. The van der Waals surface area contributed by atoms with Gasteiger partial charge in [0.1, 0.15) is 11.8 Å². The summed E-state index contributed by atoms with van der Waals surface area (Å²) < 4.78 is 5.98. The number of rotatable bonds is 8. The van der Waals surface area contributed by atoms with E-state index in [9.17, 15) is 4.79 Å². The lowest BCUT2D eigenvalue weighted by molar-refractivity contribution is -0.138. The Morgan fingerprint density at radius 3 is 2.45 bits per heavy atom. The second-order valence-corrected chi connectivity index (χ2v) is 7.87. The van der Waals surface area contributed by atoms with Crippen LogP contribution in [-0.2, 0) is 17.8 Å². The molecule has 1 saturated heterocycles. The van der Waals surface area contributed by atoms with E-state index < -0.39 is 12.0 Å². The van der Waals surface area contributed by atoms with E-state index in [1.165, 1.54) is 5.56 Å². The van der Waals surface area contributed by atoms with Crippen molar-refractivity contribution in [2.24, 2.45) is 5.73 Å². The molecule has 1 unspecified atom stereocenters. The summed E-state index contributed by atoms with van der Waals surface area (Å²) in [6.45, 7) is 8.78. The van der Waals surface area contributed by atoms with Crippen LogP contribution in [0.1, 0.15) is 25.0 Å². The predicted octanol–water partition coefficient (Wildman–Crippen LogP) is 2.75. The number of anilines is 1. The van der Waals surface area contributed by atoms with Crippen LogP contribution in [-0.4, -0.2) is 54.3 Å². The highest BCUT2D eigenvalue weighted by molar-refractivity contribution is 5.73. The van der Waals surface area contributed by atoms with Gasteiger partial charge in [0.2, 0.25) is 0 Å². The molecule has 1 aliphatic rings. The molecule has 6 heteroatoms. The number of hydrogen-bond donors (Lipinski definition) is 2. The number of ether oxygens (including phenoxy) is 1. The maximum absolute atomic E-state index is 11.0. The van der Waals surface area contributed by atoms with E-state index in [1.807, 2.05) is 38.1 Å². The lowest BCUT2D eigenvalue weighted by atomic mass is 10.0. The van der Waals surface area contributed by atoms with Crippen LogP contribution in [0.25, 0.3) is 0 Å². The molecule has 0 aliphatic carbocycles. The van der Waals surface area contributed by atoms with Gasteiger partial charge >= 0.3 is 5.97 Å². The van der Waals surface area contributed by atoms with Crippen LogP contribution in [0.3, 0.4) is 0 Å². The maximum Gasteiger partial charge on any atom is 0.320 e. The van der Waals surface area contributed by atoms with E-state index in [1.54, 1.807) is 0 Å². The Bertz CT molecular complexity index is 817. The summed E-state index contributed by atoms with van der Waals surface area (Å²) in [5, 5.41) is 9.01. The second-order valence-electron chi connectivity index (χ2n) is 7.87. The molecule has 1 aliphatic heterocycles. The summed E-state index contributed by atoms with van der Waals surface area (Å²) in [6.07, 6.45) is 0.503. The number of piperazine rings is 1. The molecule has 3 N–H and O–H groups in total. The van der Waals surface area contributed by atoms with E-state index in [0.29, 0.717) is 6.42 Å². The zero-order valence-corrected chi connectivity index (χ0v) is 17.3. The molecule has 2 aromatic rings. The van der Waals surface area contributed by atoms with Crippen LogP contribution < -0.4 is 15.4 Å². The molecule has 156 valence electrons. The molecule has 0 saturated carbocycles. The summed E-state index contributed by atoms with van der Waals surface area (Å²) in [6, 6.07) is 15.5. The first-order valence-electron chi connectivity index (χ1n) is 10.2. The van der Waals surface area contributed by atoms with Gasteiger partial charge in [-0.3, -0.25) is 9.69 Å². The second kappa shape index (κ2) is 9.76. The molecule has 0 bridgehead atoms. The van der Waals surface area contributed by atoms with Gasteiger partial charge in [0.15, 0.2) is 0 Å². The first-order valence-corrected chi connectivity index (χ1v) is 10.2. The Balaban J connectivity index is 1.58. The largest absolute Gasteiger partial charge is 0.489 e. The first-order chi connectivity index (χ1) is 13.9. The third-order valence-electron chi connectivity index (χ3n) is 5.11. The highest BCUT2D eigenvalue weighted by Crippen LogP contribution is 2.29. The van der Waals surface area contributed by atoms with Gasteiger partial charge in [0.05, 0.1) is 11.8 Å². The van der Waals surface area contributed by atoms with Gasteiger partial charge in [-0.2, -0.15) is 0 Å². The lowest BCUT2D eigenvalue weighted by Crippen LogP contribution is -2.46. The average molecular weight is 398 g/mol. The van der Waals surface area contributed by atoms with Crippen LogP contribution in [0.2, 0.25) is 0 Å². The predicted molar refractivity (Wildman–Crippen MR) is 115 cm³/mol. The van der Waals surface area contributed by atoms with Gasteiger partial charge in [-0.1, -0.05) is 36.4 Å². The fraction of sp³-hybridized carbons (Fsp3) is 0.435. The van der Waals surface area contributed by atoms with Crippen LogP contribution in [0.4, 0.5) is 5.69 Å². The standard InChI is InChI=1S/C23H31N3O3/c1-17(2)29-22-9-4-3-8-21(22)26-12-10-25(11-13-26)16-19-7-5-6-18(14-19)15-20(24)23(27)28/h3-9,14,17,20H,10-13,15-16,24H2,1-2H3,(H,27,28). The Labute approximate surface area is 172 Å². The first kappa shape index (κ1) is 21.1. The number of aliphatic carboxylic acids is 1. The molecule has 2 aromatic carbocycles. The monoisotopic (exact) mass is 397 g/mol. The molecule has 29 heavy (non-hydrogen) atoms. The van der Waals surface area contributed by atoms with Crippen molar-refractivity contribution in [1.82, 2.24) is 4.90 Å². The van der Waals surface area contributed by atoms with Gasteiger partial charge in [-0.05, 0) is 43.5 Å². The summed E-state index contributed by atoms with van der Waals surface area (Å²) in [7, 11) is 0. The van der Waals surface area contributed by atoms with Crippen LogP contribution in [0.5, 0.6) is 5.75 Å². The molecular weight excluding hydrogens is 366 g/mol. The van der Waals surface area contributed by atoms with Crippen LogP contribution in [0.15, 0.2) is 48.5 Å². The topological polar surface area (TPSA) is 79.0 Å². The number of nitrogens with zero attached hydrogens (tertiary/aromatic N) is 2. The fourth-order valence-electron chi connectivity index (χ4n) is 3.67. The van der Waals surface area contributed by atoms with Crippen molar-refractivity contribution < 1.29 is 14.6 Å². The summed E-state index contributed by atoms with van der Waals surface area (Å²) >= 11 is 0. The minimum atomic E-state index is -0.965. The third-order valence-corrected chi connectivity index (χ3v) is 5.11. The molecule has 0 radical (unpaired) electrons. The minimum absolute atomic E-state index is 0.152. The fourth-order valence-corrected chi connectivity index (χ4v) is 3.67. The summed E-state index contributed by atoms with van der Waals surface area (Å²) in [4.78, 5) is 15.8. The van der Waals surface area contributed by atoms with E-state index in [2.05, 4.69) is 34.1 Å². The van der Waals surface area contributed by atoms with Crippen LogP contribution in [0, 0.1) is 0 Å². The number of nitrogens with two attached hydrogens (primary N) is 1. The normalized spacial score (nSPS) is 16.1. The number of benzene rings is 2. The van der Waals surface area contributed by atoms with E-state index in [0.717, 1.165) is 49.7 Å². The molecule has 1 atom stereocenters. The van der Waals surface area contributed by atoms with E-state index in [-0.39, 0.29) is 6.10 Å². The SMILES string of the molecule is CC(C)Oc1ccccc1N1CCN(Cc2cccc(CC(N)C(=O)O)c2)CC1. The molecular formula is C23H31N3O3. The van der Waals surface area contributed by atoms with Gasteiger partial charge in [-0.15, -0.1) is 0 Å². The van der Waals surface area contributed by atoms with Gasteiger partial charge in [0.25, 0.3) is 0 Å². The molecule has 0 aromatic heterocycles. The van der Waals surface area contributed by atoms with Crippen molar-refractivity contribution in [2.45, 2.75) is 39.0 Å². The van der Waals surface area contributed by atoms with Crippen molar-refractivity contribution in [3.05, 3.63) is 59.7 Å². The van der Waals surface area contributed by atoms with Gasteiger partial charge in [-0.25, -0.2) is 0 Å². The minimum Gasteiger partial charge on any atom is -0.489 e. The number of para-hydroxylation sites is 2. The highest BCUT2D eigenvalue weighted by atomic mass is 16.5. The number of carboxylic acid groups (broad SMARTS) is 1. The number of hydrogen-bond acceptors (Lipinski definition) is 5. The smallest absolute Gasteiger partial charge is 0.320 e. The van der Waals surface area contributed by atoms with Crippen molar-refractivity contribution >= 4 is 11.7 Å². The molecule has 1 fully saturated rings. The average Bonchev–Trinajstić information content (AvgIpc) is 2.69. The van der Waals surface area contributed by atoms with Crippen molar-refractivity contribution in [1.29, 1.82) is 0 Å². The third kappa shape index (κ3) is 5.95. The van der Waals surface area contributed by atoms with E-state index in [4.69, 9.17) is 15.6 Å². The molecule has 6 nitrogen and oxygen atoms in total. The van der Waals surface area contributed by atoms with E-state index >= 15 is 0 Å². The van der Waals surface area contributed by atoms with Gasteiger partial charge < -0.3 is 20.5 Å². The van der Waals surface area contributed by atoms with Gasteiger partial charge in [0, 0.05) is 32.7 Å². The van der Waals surface area contributed by atoms with Crippen LogP contribution >= 0.6 is 0 Å².